The van der Waals surface area contributed by atoms with Crippen molar-refractivity contribution in [3.8, 4) is 5.75 Å². The molecule has 1 heterocycles. The smallest absolute Gasteiger partial charge is 0.277 e. The lowest BCUT2D eigenvalue weighted by Crippen LogP contribution is -2.34. The van der Waals surface area contributed by atoms with E-state index in [1.54, 1.807) is 12.1 Å². The number of aliphatic hydroxyl groups excluding tert-OH is 1. The Hall–Kier alpha value is -1.86. The van der Waals surface area contributed by atoms with E-state index in [-0.39, 0.29) is 24.6 Å². The fraction of sp³-hybridized carbons (Fsp3) is 0.167. The van der Waals surface area contributed by atoms with Gasteiger partial charge in [0.1, 0.15) is 11.4 Å². The van der Waals surface area contributed by atoms with Crippen LogP contribution in [-0.4, -0.2) is 40.1 Å². The van der Waals surface area contributed by atoms with Crippen molar-refractivity contribution < 1.29 is 19.8 Å². The van der Waals surface area contributed by atoms with Crippen molar-refractivity contribution in [1.82, 2.24) is 4.90 Å². The number of aromatic hydroxyl groups is 1. The van der Waals surface area contributed by atoms with Crippen LogP contribution in [0.4, 0.5) is 5.69 Å². The maximum absolute atomic E-state index is 11.9. The van der Waals surface area contributed by atoms with Crippen LogP contribution in [0.25, 0.3) is 0 Å². The van der Waals surface area contributed by atoms with Crippen molar-refractivity contribution in [3.05, 3.63) is 34.4 Å². The summed E-state index contributed by atoms with van der Waals surface area (Å²) in [4.78, 5) is 24.3. The summed E-state index contributed by atoms with van der Waals surface area (Å²) < 4.78 is 0.695. The molecule has 0 unspecified atom stereocenters. The lowest BCUT2D eigenvalue weighted by Gasteiger charge is -2.13. The van der Waals surface area contributed by atoms with E-state index in [1.165, 1.54) is 6.07 Å². The molecule has 19 heavy (non-hydrogen) atoms. The summed E-state index contributed by atoms with van der Waals surface area (Å²) in [6, 6.07) is 4.73. The molecule has 3 N–H and O–H groups in total. The Morgan fingerprint density at radius 2 is 2.05 bits per heavy atom. The molecule has 6 nitrogen and oxygen atoms in total. The number of phenols is 1. The Labute approximate surface area is 117 Å². The molecule has 0 radical (unpaired) electrons. The number of benzene rings is 1. The van der Waals surface area contributed by atoms with Crippen LogP contribution in [0.15, 0.2) is 34.4 Å². The molecule has 1 aromatic carbocycles. The second-order valence-corrected chi connectivity index (χ2v) is 4.78. The van der Waals surface area contributed by atoms with Gasteiger partial charge in [0.25, 0.3) is 11.8 Å². The number of hydrogen-bond donors (Lipinski definition) is 3. The number of nitrogens with zero attached hydrogens (tertiary/aromatic N) is 1. The van der Waals surface area contributed by atoms with E-state index in [0.717, 1.165) is 11.0 Å². The summed E-state index contributed by atoms with van der Waals surface area (Å²) >= 11 is 3.20. The number of carbonyl (C=O) groups excluding carboxylic acids is 2. The van der Waals surface area contributed by atoms with Crippen molar-refractivity contribution in [2.24, 2.45) is 0 Å². The number of β-amino-alcohol motifs (C(OH)–C–C–N with tert-alkyl or cyclic N) is 1. The number of aliphatic hydroxyl groups is 1. The van der Waals surface area contributed by atoms with Crippen LogP contribution in [0.5, 0.6) is 5.75 Å². The lowest BCUT2D eigenvalue weighted by molar-refractivity contribution is -0.137. The highest BCUT2D eigenvalue weighted by Crippen LogP contribution is 2.29. The average Bonchev–Trinajstić information content (AvgIpc) is 2.61. The highest BCUT2D eigenvalue weighted by atomic mass is 79.9. The standard InChI is InChI=1S/C12H11BrN2O4/c13-7-1-2-8(10(17)5-7)14-9-6-11(18)15(3-4-16)12(9)19/h1-2,5-6,14,16-17H,3-4H2. The van der Waals surface area contributed by atoms with E-state index >= 15 is 0 Å². The molecule has 0 fully saturated rings. The van der Waals surface area contributed by atoms with Crippen LogP contribution in [0.2, 0.25) is 0 Å². The highest BCUT2D eigenvalue weighted by molar-refractivity contribution is 9.10. The predicted molar refractivity (Wildman–Crippen MR) is 71.3 cm³/mol. The summed E-state index contributed by atoms with van der Waals surface area (Å²) in [5.74, 6) is -1.06. The highest BCUT2D eigenvalue weighted by Gasteiger charge is 2.30. The van der Waals surface area contributed by atoms with E-state index < -0.39 is 11.8 Å². The molecule has 0 spiro atoms. The van der Waals surface area contributed by atoms with Crippen molar-refractivity contribution >= 4 is 33.4 Å². The Morgan fingerprint density at radius 1 is 1.32 bits per heavy atom. The monoisotopic (exact) mass is 326 g/mol. The number of rotatable bonds is 4. The Kier molecular flexibility index (Phi) is 3.87. The van der Waals surface area contributed by atoms with Crippen LogP contribution >= 0.6 is 15.9 Å². The molecule has 2 rings (SSSR count). The number of phenolic OH excluding ortho intramolecular Hbond substituents is 1. The SMILES string of the molecule is O=C1C=C(Nc2ccc(Br)cc2O)C(=O)N1CCO. The molecule has 1 aromatic rings. The largest absolute Gasteiger partial charge is 0.506 e. The first-order chi connectivity index (χ1) is 9.02. The van der Waals surface area contributed by atoms with Gasteiger partial charge in [0.05, 0.1) is 18.8 Å². The fourth-order valence-electron chi connectivity index (χ4n) is 1.67. The maximum atomic E-state index is 11.9. The number of hydrogen-bond acceptors (Lipinski definition) is 5. The molecule has 0 saturated heterocycles. The molecule has 0 aliphatic carbocycles. The summed E-state index contributed by atoms with van der Waals surface area (Å²) in [5.41, 5.74) is 0.387. The molecule has 0 saturated carbocycles. The normalized spacial score (nSPS) is 14.8. The van der Waals surface area contributed by atoms with Gasteiger partial charge in [0.15, 0.2) is 0 Å². The predicted octanol–water partition coefficient (Wildman–Crippen LogP) is 0.812. The second kappa shape index (κ2) is 5.41. The molecule has 0 atom stereocenters. The van der Waals surface area contributed by atoms with Crippen LogP contribution in [0.1, 0.15) is 0 Å². The van der Waals surface area contributed by atoms with Gasteiger partial charge in [-0.2, -0.15) is 0 Å². The molecule has 1 aliphatic rings. The summed E-state index contributed by atoms with van der Waals surface area (Å²) in [7, 11) is 0. The Bertz CT molecular complexity index is 571. The van der Waals surface area contributed by atoms with Crippen LogP contribution in [0, 0.1) is 0 Å². The Morgan fingerprint density at radius 3 is 2.68 bits per heavy atom. The van der Waals surface area contributed by atoms with Crippen molar-refractivity contribution in [2.75, 3.05) is 18.5 Å². The molecular formula is C12H11BrN2O4. The second-order valence-electron chi connectivity index (χ2n) is 3.86. The molecule has 1 aliphatic heterocycles. The van der Waals surface area contributed by atoms with Gasteiger partial charge in [-0.25, -0.2) is 0 Å². The minimum atomic E-state index is -0.527. The van der Waals surface area contributed by atoms with Gasteiger partial charge in [-0.3, -0.25) is 14.5 Å². The van der Waals surface area contributed by atoms with E-state index in [9.17, 15) is 14.7 Å². The van der Waals surface area contributed by atoms with Crippen LogP contribution < -0.4 is 5.32 Å². The number of amides is 2. The van der Waals surface area contributed by atoms with Gasteiger partial charge in [-0.15, -0.1) is 0 Å². The number of halogens is 1. The van der Waals surface area contributed by atoms with Gasteiger partial charge in [-0.1, -0.05) is 15.9 Å². The minimum absolute atomic E-state index is 0.0452. The van der Waals surface area contributed by atoms with E-state index in [1.807, 2.05) is 0 Å². The zero-order valence-corrected chi connectivity index (χ0v) is 11.3. The summed E-state index contributed by atoms with van der Waals surface area (Å²) in [6.07, 6.45) is 1.14. The summed E-state index contributed by atoms with van der Waals surface area (Å²) in [5, 5.41) is 21.2. The average molecular weight is 327 g/mol. The number of nitrogens with one attached hydrogen (secondary N) is 1. The first kappa shape index (κ1) is 13.6. The minimum Gasteiger partial charge on any atom is -0.506 e. The fourth-order valence-corrected chi connectivity index (χ4v) is 2.01. The maximum Gasteiger partial charge on any atom is 0.277 e. The van der Waals surface area contributed by atoms with Gasteiger partial charge in [-0.05, 0) is 18.2 Å². The van der Waals surface area contributed by atoms with Crippen molar-refractivity contribution in [1.29, 1.82) is 0 Å². The van der Waals surface area contributed by atoms with E-state index in [4.69, 9.17) is 5.11 Å². The number of carbonyl (C=O) groups is 2. The molecule has 7 heteroatoms. The molecule has 0 bridgehead atoms. The van der Waals surface area contributed by atoms with Crippen LogP contribution in [0.3, 0.4) is 0 Å². The van der Waals surface area contributed by atoms with Crippen LogP contribution in [-0.2, 0) is 9.59 Å². The first-order valence-corrected chi connectivity index (χ1v) is 6.26. The first-order valence-electron chi connectivity index (χ1n) is 5.47. The Balaban J connectivity index is 2.18. The zero-order chi connectivity index (χ0) is 14.0. The number of anilines is 1. The third-order valence-electron chi connectivity index (χ3n) is 2.56. The molecule has 100 valence electrons. The van der Waals surface area contributed by atoms with Gasteiger partial charge in [0, 0.05) is 10.5 Å². The molecule has 2 amide bonds. The third-order valence-corrected chi connectivity index (χ3v) is 3.06. The molecule has 0 aromatic heterocycles. The quantitative estimate of drug-likeness (QED) is 0.563. The van der Waals surface area contributed by atoms with Gasteiger partial charge < -0.3 is 15.5 Å². The van der Waals surface area contributed by atoms with Crippen molar-refractivity contribution in [3.63, 3.8) is 0 Å². The molecular weight excluding hydrogens is 316 g/mol. The van der Waals surface area contributed by atoms with Gasteiger partial charge >= 0.3 is 0 Å². The zero-order valence-electron chi connectivity index (χ0n) is 9.76. The lowest BCUT2D eigenvalue weighted by atomic mass is 10.3. The van der Waals surface area contributed by atoms with Crippen molar-refractivity contribution in [2.45, 2.75) is 0 Å². The third kappa shape index (κ3) is 2.77. The topological polar surface area (TPSA) is 89.9 Å². The van der Waals surface area contributed by atoms with E-state index in [0.29, 0.717) is 10.2 Å². The number of imide groups is 1. The summed E-state index contributed by atoms with van der Waals surface area (Å²) in [6.45, 7) is -0.339. The van der Waals surface area contributed by atoms with Gasteiger partial charge in [0.2, 0.25) is 0 Å². The van der Waals surface area contributed by atoms with E-state index in [2.05, 4.69) is 21.2 Å².